The molecule has 2 aromatic carbocycles. The summed E-state index contributed by atoms with van der Waals surface area (Å²) >= 11 is 0. The van der Waals surface area contributed by atoms with E-state index in [9.17, 15) is 9.50 Å². The van der Waals surface area contributed by atoms with E-state index in [1.165, 1.54) is 55.4 Å². The number of nitrogens with two attached hydrogens (primary N) is 1. The third-order valence-electron chi connectivity index (χ3n) is 6.85. The number of halogens is 1. The molecule has 0 spiro atoms. The first-order valence-electron chi connectivity index (χ1n) is 11.3. The number of allylic oxidation sites excluding steroid dienone is 2. The van der Waals surface area contributed by atoms with E-state index in [-0.39, 0.29) is 5.82 Å². The van der Waals surface area contributed by atoms with Crippen LogP contribution in [0.15, 0.2) is 53.8 Å². The van der Waals surface area contributed by atoms with Gasteiger partial charge >= 0.3 is 0 Å². The molecule has 2 aromatic rings. The first kappa shape index (κ1) is 20.7. The highest BCUT2D eigenvalue weighted by Crippen LogP contribution is 2.35. The van der Waals surface area contributed by atoms with Crippen LogP contribution >= 0.6 is 0 Å². The van der Waals surface area contributed by atoms with E-state index in [0.29, 0.717) is 11.4 Å². The number of hydrogen-bond acceptors (Lipinski definition) is 2. The third-order valence-corrected chi connectivity index (χ3v) is 6.85. The normalized spacial score (nSPS) is 16.9. The second kappa shape index (κ2) is 9.07. The van der Waals surface area contributed by atoms with Crippen molar-refractivity contribution in [2.24, 2.45) is 5.92 Å². The Morgan fingerprint density at radius 1 is 1.13 bits per heavy atom. The van der Waals surface area contributed by atoms with Crippen LogP contribution in [0.2, 0.25) is 0 Å². The minimum atomic E-state index is -0.349. The van der Waals surface area contributed by atoms with Gasteiger partial charge in [0.05, 0.1) is 0 Å². The molecule has 0 amide bonds. The Morgan fingerprint density at radius 3 is 2.57 bits per heavy atom. The van der Waals surface area contributed by atoms with Crippen LogP contribution in [-0.2, 0) is 6.42 Å². The number of hydrogen-bond donors (Lipinski definition) is 2. The lowest BCUT2D eigenvalue weighted by atomic mass is 9.81. The fraction of sp³-hybridized carbons (Fsp3) is 0.407. The average Bonchev–Trinajstić information content (AvgIpc) is 2.62. The Labute approximate surface area is 179 Å². The maximum atomic E-state index is 13.7. The van der Waals surface area contributed by atoms with Crippen molar-refractivity contribution in [2.45, 2.75) is 64.7 Å². The summed E-state index contributed by atoms with van der Waals surface area (Å²) < 4.78 is 13.7. The molecule has 158 valence electrons. The van der Waals surface area contributed by atoms with Gasteiger partial charge in [0.25, 0.3) is 0 Å². The molecule has 4 rings (SSSR count). The maximum Gasteiger partial charge on any atom is 0.125 e. The van der Waals surface area contributed by atoms with Gasteiger partial charge in [-0.1, -0.05) is 43.9 Å². The minimum absolute atomic E-state index is 0.326. The van der Waals surface area contributed by atoms with E-state index in [1.807, 2.05) is 6.08 Å². The molecule has 3 N–H and O–H groups in total. The van der Waals surface area contributed by atoms with Crippen molar-refractivity contribution in [3.8, 4) is 0 Å². The first-order valence-corrected chi connectivity index (χ1v) is 11.3. The Morgan fingerprint density at radius 2 is 1.93 bits per heavy atom. The van der Waals surface area contributed by atoms with E-state index in [0.717, 1.165) is 53.9 Å². The summed E-state index contributed by atoms with van der Waals surface area (Å²) in [4.78, 5) is 0. The van der Waals surface area contributed by atoms with E-state index >= 15 is 0 Å². The first-order chi connectivity index (χ1) is 14.5. The second-order valence-electron chi connectivity index (χ2n) is 8.96. The highest BCUT2D eigenvalue weighted by Gasteiger charge is 2.18. The molecule has 0 aliphatic heterocycles. The predicted molar refractivity (Wildman–Crippen MR) is 123 cm³/mol. The van der Waals surface area contributed by atoms with Crippen LogP contribution in [-0.4, -0.2) is 5.11 Å². The van der Waals surface area contributed by atoms with Crippen molar-refractivity contribution >= 4 is 11.3 Å². The molecular weight excluding hydrogens is 373 g/mol. The molecule has 3 heteroatoms. The third kappa shape index (κ3) is 4.61. The molecule has 2 saturated carbocycles. The van der Waals surface area contributed by atoms with Crippen molar-refractivity contribution in [1.82, 2.24) is 0 Å². The Balaban J connectivity index is 1.67. The number of anilines is 1. The molecule has 30 heavy (non-hydrogen) atoms. The van der Waals surface area contributed by atoms with Crippen LogP contribution in [0.5, 0.6) is 0 Å². The molecule has 0 radical (unpaired) electrons. The van der Waals surface area contributed by atoms with Gasteiger partial charge in [0.1, 0.15) is 11.6 Å². The quantitative estimate of drug-likeness (QED) is 0.376. The van der Waals surface area contributed by atoms with Crippen molar-refractivity contribution in [3.05, 3.63) is 81.9 Å². The molecule has 2 nitrogen and oxygen atoms in total. The number of benzene rings is 2. The van der Waals surface area contributed by atoms with E-state index in [2.05, 4.69) is 25.1 Å². The van der Waals surface area contributed by atoms with Gasteiger partial charge in [-0.3, -0.25) is 0 Å². The smallest absolute Gasteiger partial charge is 0.125 e. The van der Waals surface area contributed by atoms with Crippen LogP contribution in [0.4, 0.5) is 10.1 Å². The summed E-state index contributed by atoms with van der Waals surface area (Å²) in [6.07, 6.45) is 12.6. The van der Waals surface area contributed by atoms with Crippen LogP contribution in [0.25, 0.3) is 5.57 Å². The lowest BCUT2D eigenvalue weighted by molar-refractivity contribution is 0.290. The molecule has 0 atom stereocenters. The summed E-state index contributed by atoms with van der Waals surface area (Å²) in [6.45, 7) is 2.16. The standard InChI is InChI=1S/C27H32FNO/c1-18-11-12-22(15-21(18)10-3-7-19-5-2-6-19)25(17-27(30)20-8-4-9-20)24-14-13-23(28)16-26(24)29/h11-17,19,30H,2-10,29H2,1H3/b25-17+. The number of nitrogen functional groups attached to an aromatic ring is 1. The molecule has 0 unspecified atom stereocenters. The Bertz CT molecular complexity index is 978. The number of aliphatic hydroxyl groups is 1. The summed E-state index contributed by atoms with van der Waals surface area (Å²) in [5.74, 6) is 0.902. The van der Waals surface area contributed by atoms with Crippen molar-refractivity contribution in [3.63, 3.8) is 0 Å². The van der Waals surface area contributed by atoms with Crippen LogP contribution in [0, 0.1) is 18.7 Å². The number of rotatable bonds is 7. The van der Waals surface area contributed by atoms with Gasteiger partial charge in [0.15, 0.2) is 0 Å². The zero-order chi connectivity index (χ0) is 21.1. The Kier molecular flexibility index (Phi) is 6.26. The van der Waals surface area contributed by atoms with Gasteiger partial charge in [-0.2, -0.15) is 0 Å². The SMILES string of the molecule is Cc1ccc(/C(=C\C(O)=C2CCC2)c2ccc(F)cc2N)cc1CCCC1CCC1. The molecule has 2 aliphatic rings. The van der Waals surface area contributed by atoms with Gasteiger partial charge in [0.2, 0.25) is 0 Å². The van der Waals surface area contributed by atoms with Gasteiger partial charge in [-0.25, -0.2) is 4.39 Å². The molecular formula is C27H32FNO. The molecule has 0 bridgehead atoms. The molecule has 2 fully saturated rings. The van der Waals surface area contributed by atoms with E-state index in [1.54, 1.807) is 6.07 Å². The molecule has 2 aliphatic carbocycles. The average molecular weight is 406 g/mol. The van der Waals surface area contributed by atoms with E-state index < -0.39 is 0 Å². The maximum absolute atomic E-state index is 13.7. The Hall–Kier alpha value is -2.55. The minimum Gasteiger partial charge on any atom is -0.508 e. The predicted octanol–water partition coefficient (Wildman–Crippen LogP) is 7.27. The largest absolute Gasteiger partial charge is 0.508 e. The second-order valence-corrected chi connectivity index (χ2v) is 8.96. The number of aryl methyl sites for hydroxylation is 2. The lowest BCUT2D eigenvalue weighted by Crippen LogP contribution is -2.10. The summed E-state index contributed by atoms with van der Waals surface area (Å²) in [5.41, 5.74) is 12.9. The fourth-order valence-corrected chi connectivity index (χ4v) is 4.41. The summed E-state index contributed by atoms with van der Waals surface area (Å²) in [6, 6.07) is 11.0. The number of aliphatic hydroxyl groups excluding tert-OH is 1. The van der Waals surface area contributed by atoms with Gasteiger partial charge in [-0.05, 0) is 97.1 Å². The van der Waals surface area contributed by atoms with Crippen LogP contribution < -0.4 is 5.73 Å². The zero-order valence-corrected chi connectivity index (χ0v) is 17.9. The zero-order valence-electron chi connectivity index (χ0n) is 17.9. The molecule has 0 aromatic heterocycles. The molecule has 0 saturated heterocycles. The fourth-order valence-electron chi connectivity index (χ4n) is 4.41. The highest BCUT2D eigenvalue weighted by molar-refractivity contribution is 5.87. The monoisotopic (exact) mass is 405 g/mol. The van der Waals surface area contributed by atoms with Crippen molar-refractivity contribution < 1.29 is 9.50 Å². The molecule has 0 heterocycles. The van der Waals surface area contributed by atoms with Crippen LogP contribution in [0.1, 0.15) is 73.6 Å². The van der Waals surface area contributed by atoms with E-state index in [4.69, 9.17) is 5.73 Å². The van der Waals surface area contributed by atoms with Gasteiger partial charge in [-0.15, -0.1) is 0 Å². The summed E-state index contributed by atoms with van der Waals surface area (Å²) in [7, 11) is 0. The van der Waals surface area contributed by atoms with Gasteiger partial charge < -0.3 is 10.8 Å². The topological polar surface area (TPSA) is 46.2 Å². The van der Waals surface area contributed by atoms with Crippen molar-refractivity contribution in [2.75, 3.05) is 5.73 Å². The summed E-state index contributed by atoms with van der Waals surface area (Å²) in [5, 5.41) is 10.7. The van der Waals surface area contributed by atoms with Crippen LogP contribution in [0.3, 0.4) is 0 Å². The van der Waals surface area contributed by atoms with Gasteiger partial charge in [0, 0.05) is 11.3 Å². The van der Waals surface area contributed by atoms with Crippen molar-refractivity contribution in [1.29, 1.82) is 0 Å². The lowest BCUT2D eigenvalue weighted by Gasteiger charge is -2.25. The highest BCUT2D eigenvalue weighted by atomic mass is 19.1.